The average molecular weight is 278 g/mol. The van der Waals surface area contributed by atoms with Gasteiger partial charge in [0, 0.05) is 42.0 Å². The maximum absolute atomic E-state index is 12.3. The van der Waals surface area contributed by atoms with E-state index in [-0.39, 0.29) is 4.75 Å². The quantitative estimate of drug-likeness (QED) is 0.837. The summed E-state index contributed by atoms with van der Waals surface area (Å²) in [5.41, 5.74) is 0.344. The predicted molar refractivity (Wildman–Crippen MR) is 75.3 cm³/mol. The molecule has 1 fully saturated rings. The topological polar surface area (TPSA) is 69.9 Å². The second-order valence-corrected chi connectivity index (χ2v) is 6.67. The van der Waals surface area contributed by atoms with Crippen molar-refractivity contribution in [1.82, 2.24) is 9.97 Å². The first-order chi connectivity index (χ1) is 9.16. The fourth-order valence-corrected chi connectivity index (χ4v) is 4.29. The van der Waals surface area contributed by atoms with E-state index in [1.54, 1.807) is 6.20 Å². The van der Waals surface area contributed by atoms with Crippen molar-refractivity contribution >= 4 is 16.6 Å². The summed E-state index contributed by atoms with van der Waals surface area (Å²) in [4.78, 5) is 10.4. The smallest absolute Gasteiger partial charge is 0.183 e. The summed E-state index contributed by atoms with van der Waals surface area (Å²) >= 11 is 0. The van der Waals surface area contributed by atoms with E-state index in [1.807, 2.05) is 0 Å². The Morgan fingerprint density at radius 3 is 2.74 bits per heavy atom. The first-order valence-electron chi connectivity index (χ1n) is 6.51. The Hall–Kier alpha value is -1.48. The van der Waals surface area contributed by atoms with Gasteiger partial charge in [-0.2, -0.15) is 5.26 Å². The highest BCUT2D eigenvalue weighted by atomic mass is 32.2. The second-order valence-electron chi connectivity index (χ2n) is 4.70. The van der Waals surface area contributed by atoms with Crippen molar-refractivity contribution in [3.05, 3.63) is 18.1 Å². The third kappa shape index (κ3) is 2.47. The van der Waals surface area contributed by atoms with Crippen LogP contribution in [0.4, 0.5) is 5.82 Å². The summed E-state index contributed by atoms with van der Waals surface area (Å²) in [7, 11) is -0.812. The van der Waals surface area contributed by atoms with Crippen LogP contribution in [0.25, 0.3) is 0 Å². The molecular weight excluding hydrogens is 260 g/mol. The van der Waals surface area contributed by atoms with Crippen LogP contribution in [-0.2, 0) is 10.8 Å². The summed E-state index contributed by atoms with van der Waals surface area (Å²) in [5.74, 6) is 1.25. The average Bonchev–Trinajstić information content (AvgIpc) is 2.48. The molecule has 1 aliphatic rings. The van der Waals surface area contributed by atoms with Crippen molar-refractivity contribution in [2.75, 3.05) is 23.7 Å². The van der Waals surface area contributed by atoms with Crippen molar-refractivity contribution in [3.63, 3.8) is 0 Å². The molecule has 2 rings (SSSR count). The Morgan fingerprint density at radius 2 is 2.11 bits per heavy atom. The van der Waals surface area contributed by atoms with Gasteiger partial charge in [-0.15, -0.1) is 0 Å². The maximum Gasteiger partial charge on any atom is 0.183 e. The predicted octanol–water partition coefficient (Wildman–Crippen LogP) is 1.48. The number of rotatable bonds is 3. The number of hydrogen-bond acceptors (Lipinski definition) is 5. The highest BCUT2D eigenvalue weighted by Gasteiger charge is 2.39. The van der Waals surface area contributed by atoms with Crippen LogP contribution in [-0.4, -0.2) is 37.8 Å². The van der Waals surface area contributed by atoms with Gasteiger partial charge >= 0.3 is 0 Å². The van der Waals surface area contributed by atoms with Gasteiger partial charge in [-0.25, -0.2) is 9.97 Å². The molecule has 0 spiro atoms. The molecule has 0 radical (unpaired) electrons. The van der Waals surface area contributed by atoms with Crippen LogP contribution in [0.15, 0.2) is 12.4 Å². The van der Waals surface area contributed by atoms with E-state index in [0.717, 1.165) is 12.8 Å². The Balaban J connectivity index is 2.33. The number of hydrogen-bond donors (Lipinski definition) is 0. The zero-order valence-electron chi connectivity index (χ0n) is 11.3. The summed E-state index contributed by atoms with van der Waals surface area (Å²) in [5, 5.41) is 9.11. The molecule has 0 amide bonds. The van der Waals surface area contributed by atoms with Crippen LogP contribution >= 0.6 is 0 Å². The highest BCUT2D eigenvalue weighted by molar-refractivity contribution is 7.86. The minimum Gasteiger partial charge on any atom is -0.352 e. The van der Waals surface area contributed by atoms with E-state index in [2.05, 4.69) is 34.8 Å². The molecule has 0 aromatic carbocycles. The van der Waals surface area contributed by atoms with E-state index in [1.165, 1.54) is 6.20 Å². The first-order valence-corrected chi connectivity index (χ1v) is 7.83. The molecular formula is C13H18N4OS. The molecule has 1 aromatic rings. The van der Waals surface area contributed by atoms with Gasteiger partial charge < -0.3 is 4.90 Å². The van der Waals surface area contributed by atoms with E-state index < -0.39 is 10.8 Å². The van der Waals surface area contributed by atoms with Gasteiger partial charge in [-0.1, -0.05) is 13.8 Å². The molecule has 102 valence electrons. The second kappa shape index (κ2) is 5.66. The van der Waals surface area contributed by atoms with Crippen LogP contribution in [0.3, 0.4) is 0 Å². The van der Waals surface area contributed by atoms with Crippen molar-refractivity contribution in [2.24, 2.45) is 0 Å². The van der Waals surface area contributed by atoms with Crippen molar-refractivity contribution in [1.29, 1.82) is 5.26 Å². The normalized spacial score (nSPS) is 21.9. The van der Waals surface area contributed by atoms with Gasteiger partial charge in [0.05, 0.1) is 4.75 Å². The molecule has 1 saturated heterocycles. The summed E-state index contributed by atoms with van der Waals surface area (Å²) in [6, 6.07) is 2.08. The Morgan fingerprint density at radius 1 is 1.42 bits per heavy atom. The van der Waals surface area contributed by atoms with Crippen molar-refractivity contribution in [3.8, 4) is 6.07 Å². The lowest BCUT2D eigenvalue weighted by Crippen LogP contribution is -2.53. The van der Waals surface area contributed by atoms with Gasteiger partial charge in [-0.3, -0.25) is 4.21 Å². The van der Waals surface area contributed by atoms with Gasteiger partial charge in [0.25, 0.3) is 0 Å². The lowest BCUT2D eigenvalue weighted by atomic mass is 10.0. The van der Waals surface area contributed by atoms with Crippen LogP contribution in [0.2, 0.25) is 0 Å². The lowest BCUT2D eigenvalue weighted by Gasteiger charge is -2.41. The van der Waals surface area contributed by atoms with E-state index in [9.17, 15) is 4.21 Å². The molecule has 0 N–H and O–H groups in total. The largest absolute Gasteiger partial charge is 0.352 e. The van der Waals surface area contributed by atoms with E-state index >= 15 is 0 Å². The van der Waals surface area contributed by atoms with Gasteiger partial charge in [0.2, 0.25) is 0 Å². The molecule has 1 aromatic heterocycles. The molecule has 0 aliphatic carbocycles. The van der Waals surface area contributed by atoms with Crippen LogP contribution in [0.1, 0.15) is 32.4 Å². The number of anilines is 1. The van der Waals surface area contributed by atoms with Gasteiger partial charge in [0.1, 0.15) is 6.07 Å². The van der Waals surface area contributed by atoms with Crippen molar-refractivity contribution < 1.29 is 4.21 Å². The summed E-state index contributed by atoms with van der Waals surface area (Å²) in [6.45, 7) is 5.50. The molecule has 1 atom stereocenters. The molecule has 0 saturated carbocycles. The third-order valence-corrected chi connectivity index (χ3v) is 6.11. The first kappa shape index (κ1) is 13.9. The molecule has 1 unspecified atom stereocenters. The molecule has 0 bridgehead atoms. The van der Waals surface area contributed by atoms with Crippen LogP contribution in [0.5, 0.6) is 0 Å². The fraction of sp³-hybridized carbons (Fsp3) is 0.615. The lowest BCUT2D eigenvalue weighted by molar-refractivity contribution is 0.494. The minimum absolute atomic E-state index is 0.192. The number of nitriles is 1. The molecule has 1 aliphatic heterocycles. The number of nitrogens with zero attached hydrogens (tertiary/aromatic N) is 4. The minimum atomic E-state index is -0.812. The Labute approximate surface area is 116 Å². The van der Waals surface area contributed by atoms with E-state index in [4.69, 9.17) is 5.26 Å². The fourth-order valence-electron chi connectivity index (χ4n) is 2.53. The molecule has 19 heavy (non-hydrogen) atoms. The van der Waals surface area contributed by atoms with Crippen LogP contribution < -0.4 is 4.90 Å². The molecule has 6 heteroatoms. The van der Waals surface area contributed by atoms with Crippen molar-refractivity contribution in [2.45, 2.75) is 31.4 Å². The monoisotopic (exact) mass is 278 g/mol. The Bertz CT molecular complexity index is 522. The number of aromatic nitrogens is 2. The summed E-state index contributed by atoms with van der Waals surface area (Å²) in [6.07, 6.45) is 4.86. The maximum atomic E-state index is 12.3. The zero-order chi connectivity index (χ0) is 13.9. The van der Waals surface area contributed by atoms with Crippen LogP contribution in [0, 0.1) is 11.3 Å². The van der Waals surface area contributed by atoms with Gasteiger partial charge in [-0.05, 0) is 12.8 Å². The SMILES string of the molecule is CCC1(CC)CN(c2nccnc2C#N)CCS1=O. The van der Waals surface area contributed by atoms with E-state index in [0.29, 0.717) is 30.4 Å². The molecule has 5 nitrogen and oxygen atoms in total. The molecule has 2 heterocycles. The Kier molecular flexibility index (Phi) is 4.15. The third-order valence-electron chi connectivity index (χ3n) is 3.88. The zero-order valence-corrected chi connectivity index (χ0v) is 12.1. The van der Waals surface area contributed by atoms with Gasteiger partial charge in [0.15, 0.2) is 11.5 Å². The summed E-state index contributed by atoms with van der Waals surface area (Å²) < 4.78 is 12.1. The highest BCUT2D eigenvalue weighted by Crippen LogP contribution is 2.31. The standard InChI is InChI=1S/C13H18N4OS/c1-3-13(4-2)10-17(7-8-19(13)18)12-11(9-14)15-5-6-16-12/h5-6H,3-4,7-8,10H2,1-2H3.